The third-order valence-electron chi connectivity index (χ3n) is 4.34. The Balaban J connectivity index is 1.86. The molecule has 4 nitrogen and oxygen atoms in total. The van der Waals surface area contributed by atoms with Gasteiger partial charge in [0.05, 0.1) is 0 Å². The summed E-state index contributed by atoms with van der Waals surface area (Å²) in [7, 11) is 0. The van der Waals surface area contributed by atoms with E-state index in [1.165, 1.54) is 0 Å². The van der Waals surface area contributed by atoms with Crippen LogP contribution in [0.5, 0.6) is 0 Å². The van der Waals surface area contributed by atoms with Gasteiger partial charge in [0.2, 0.25) is 0 Å². The lowest BCUT2D eigenvalue weighted by molar-refractivity contribution is -0.128. The van der Waals surface area contributed by atoms with Crippen LogP contribution in [0.15, 0.2) is 60.3 Å². The van der Waals surface area contributed by atoms with Crippen molar-refractivity contribution in [3.8, 4) is 0 Å². The summed E-state index contributed by atoms with van der Waals surface area (Å²) in [5.74, 6) is -0.444. The van der Waals surface area contributed by atoms with Crippen LogP contribution in [0.4, 0.5) is 0 Å². The molecule has 5 heteroatoms. The van der Waals surface area contributed by atoms with Gasteiger partial charge in [0, 0.05) is 23.7 Å². The Hall–Kier alpha value is -2.59. The summed E-state index contributed by atoms with van der Waals surface area (Å²) in [5.41, 5.74) is 1.60. The molecule has 2 amide bonds. The van der Waals surface area contributed by atoms with Crippen LogP contribution in [0.1, 0.15) is 35.2 Å². The lowest BCUT2D eigenvalue weighted by Crippen LogP contribution is -2.41. The zero-order valence-electron chi connectivity index (χ0n) is 14.5. The summed E-state index contributed by atoms with van der Waals surface area (Å²) in [5, 5.41) is 3.42. The summed E-state index contributed by atoms with van der Waals surface area (Å²) >= 11 is 5.93. The fourth-order valence-corrected chi connectivity index (χ4v) is 3.05. The van der Waals surface area contributed by atoms with Crippen LogP contribution < -0.4 is 5.32 Å². The highest BCUT2D eigenvalue weighted by Gasteiger charge is 2.22. The van der Waals surface area contributed by atoms with Crippen LogP contribution in [0, 0.1) is 0 Å². The molecule has 0 aromatic heterocycles. The fourth-order valence-electron chi connectivity index (χ4n) is 2.93. The van der Waals surface area contributed by atoms with Crippen molar-refractivity contribution in [2.24, 2.45) is 0 Å². The third kappa shape index (κ3) is 4.73. The van der Waals surface area contributed by atoms with Crippen molar-refractivity contribution in [2.45, 2.75) is 19.3 Å². The summed E-state index contributed by atoms with van der Waals surface area (Å²) < 4.78 is 0. The van der Waals surface area contributed by atoms with E-state index in [9.17, 15) is 9.59 Å². The van der Waals surface area contributed by atoms with Gasteiger partial charge in [0.25, 0.3) is 11.8 Å². The van der Waals surface area contributed by atoms with Crippen LogP contribution in [0.2, 0.25) is 5.02 Å². The zero-order valence-corrected chi connectivity index (χ0v) is 15.2. The van der Waals surface area contributed by atoms with Gasteiger partial charge >= 0.3 is 0 Å². The maximum Gasteiger partial charge on any atom is 0.270 e. The van der Waals surface area contributed by atoms with Crippen molar-refractivity contribution >= 4 is 29.5 Å². The minimum atomic E-state index is -0.295. The monoisotopic (exact) mass is 368 g/mol. The Morgan fingerprint density at radius 3 is 2.23 bits per heavy atom. The molecule has 26 heavy (non-hydrogen) atoms. The molecule has 1 fully saturated rings. The molecule has 2 aromatic rings. The number of hydrogen-bond acceptors (Lipinski definition) is 2. The molecule has 0 bridgehead atoms. The highest BCUT2D eigenvalue weighted by Crippen LogP contribution is 2.16. The molecule has 1 saturated heterocycles. The highest BCUT2D eigenvalue weighted by atomic mass is 35.5. The molecule has 1 aliphatic heterocycles. The van der Waals surface area contributed by atoms with Crippen LogP contribution in [0.3, 0.4) is 0 Å². The SMILES string of the molecule is O=C(N/C(=C/c1ccc(Cl)cc1)C(=O)N1CCCCC1)c1ccccc1. The summed E-state index contributed by atoms with van der Waals surface area (Å²) in [6.45, 7) is 1.44. The van der Waals surface area contributed by atoms with Crippen molar-refractivity contribution in [3.63, 3.8) is 0 Å². The van der Waals surface area contributed by atoms with E-state index in [0.717, 1.165) is 37.9 Å². The molecule has 134 valence electrons. The Kier molecular flexibility index (Phi) is 6.08. The van der Waals surface area contributed by atoms with E-state index in [1.807, 2.05) is 18.2 Å². The van der Waals surface area contributed by atoms with E-state index < -0.39 is 0 Å². The van der Waals surface area contributed by atoms with Crippen LogP contribution in [-0.2, 0) is 4.79 Å². The Morgan fingerprint density at radius 1 is 0.923 bits per heavy atom. The molecule has 1 heterocycles. The minimum Gasteiger partial charge on any atom is -0.337 e. The number of likely N-dealkylation sites (tertiary alicyclic amines) is 1. The van der Waals surface area contributed by atoms with Crippen molar-refractivity contribution in [1.82, 2.24) is 10.2 Å². The Morgan fingerprint density at radius 2 is 1.58 bits per heavy atom. The number of benzene rings is 2. The van der Waals surface area contributed by atoms with Gasteiger partial charge in [-0.1, -0.05) is 41.9 Å². The minimum absolute atomic E-state index is 0.149. The van der Waals surface area contributed by atoms with E-state index in [4.69, 9.17) is 11.6 Å². The van der Waals surface area contributed by atoms with Gasteiger partial charge < -0.3 is 10.2 Å². The molecule has 3 rings (SSSR count). The number of halogens is 1. The average Bonchev–Trinajstić information content (AvgIpc) is 2.70. The van der Waals surface area contributed by atoms with Crippen LogP contribution in [0.25, 0.3) is 6.08 Å². The number of amides is 2. The first-order valence-electron chi connectivity index (χ1n) is 8.76. The molecular formula is C21H21ClN2O2. The molecule has 1 aliphatic rings. The molecule has 0 spiro atoms. The van der Waals surface area contributed by atoms with E-state index in [-0.39, 0.29) is 17.5 Å². The maximum absolute atomic E-state index is 13.0. The van der Waals surface area contributed by atoms with Gasteiger partial charge in [-0.2, -0.15) is 0 Å². The third-order valence-corrected chi connectivity index (χ3v) is 4.59. The number of nitrogens with one attached hydrogen (secondary N) is 1. The second-order valence-corrected chi connectivity index (χ2v) is 6.72. The Labute approximate surface area is 158 Å². The molecule has 0 radical (unpaired) electrons. The summed E-state index contributed by atoms with van der Waals surface area (Å²) in [6, 6.07) is 16.0. The van der Waals surface area contributed by atoms with Gasteiger partial charge in [0.1, 0.15) is 5.70 Å². The van der Waals surface area contributed by atoms with Crippen LogP contribution >= 0.6 is 11.6 Å². The second-order valence-electron chi connectivity index (χ2n) is 6.28. The normalized spacial score (nSPS) is 14.8. The summed E-state index contributed by atoms with van der Waals surface area (Å²) in [6.07, 6.45) is 4.82. The number of piperidine rings is 1. The molecule has 2 aromatic carbocycles. The van der Waals surface area contributed by atoms with Gasteiger partial charge in [-0.3, -0.25) is 9.59 Å². The van der Waals surface area contributed by atoms with E-state index >= 15 is 0 Å². The molecular weight excluding hydrogens is 348 g/mol. The smallest absolute Gasteiger partial charge is 0.270 e. The van der Waals surface area contributed by atoms with Crippen molar-refractivity contribution in [2.75, 3.05) is 13.1 Å². The largest absolute Gasteiger partial charge is 0.337 e. The molecule has 0 saturated carbocycles. The van der Waals surface area contributed by atoms with Crippen LogP contribution in [-0.4, -0.2) is 29.8 Å². The maximum atomic E-state index is 13.0. The van der Waals surface area contributed by atoms with Gasteiger partial charge in [-0.15, -0.1) is 0 Å². The van der Waals surface area contributed by atoms with E-state index in [1.54, 1.807) is 47.4 Å². The second kappa shape index (κ2) is 8.68. The first kappa shape index (κ1) is 18.2. The standard InChI is InChI=1S/C21H21ClN2O2/c22-18-11-9-16(10-12-18)15-19(21(26)24-13-5-2-6-14-24)23-20(25)17-7-3-1-4-8-17/h1,3-4,7-12,15H,2,5-6,13-14H2,(H,23,25)/b19-15+. The van der Waals surface area contributed by atoms with Crippen molar-refractivity contribution in [1.29, 1.82) is 0 Å². The van der Waals surface area contributed by atoms with Gasteiger partial charge in [0.15, 0.2) is 0 Å². The topological polar surface area (TPSA) is 49.4 Å². The Bertz CT molecular complexity index is 795. The summed E-state index contributed by atoms with van der Waals surface area (Å²) in [4.78, 5) is 27.3. The molecule has 1 N–H and O–H groups in total. The quantitative estimate of drug-likeness (QED) is 0.825. The highest BCUT2D eigenvalue weighted by molar-refractivity contribution is 6.30. The molecule has 0 unspecified atom stereocenters. The molecule has 0 aliphatic carbocycles. The van der Waals surface area contributed by atoms with E-state index in [0.29, 0.717) is 10.6 Å². The van der Waals surface area contributed by atoms with E-state index in [2.05, 4.69) is 5.32 Å². The lowest BCUT2D eigenvalue weighted by Gasteiger charge is -2.27. The zero-order chi connectivity index (χ0) is 18.4. The predicted octanol–water partition coefficient (Wildman–Crippen LogP) is 4.12. The van der Waals surface area contributed by atoms with Crippen molar-refractivity contribution < 1.29 is 9.59 Å². The number of rotatable bonds is 4. The number of nitrogens with zero attached hydrogens (tertiary/aromatic N) is 1. The first-order chi connectivity index (χ1) is 12.6. The lowest BCUT2D eigenvalue weighted by atomic mass is 10.1. The predicted molar refractivity (Wildman–Crippen MR) is 104 cm³/mol. The number of carbonyl (C=O) groups is 2. The van der Waals surface area contributed by atoms with Crippen molar-refractivity contribution in [3.05, 3.63) is 76.4 Å². The first-order valence-corrected chi connectivity index (χ1v) is 9.14. The fraction of sp³-hybridized carbons (Fsp3) is 0.238. The van der Waals surface area contributed by atoms with Gasteiger partial charge in [-0.05, 0) is 55.2 Å². The average molecular weight is 369 g/mol. The number of hydrogen-bond donors (Lipinski definition) is 1. The number of carbonyl (C=O) groups excluding carboxylic acids is 2. The van der Waals surface area contributed by atoms with Gasteiger partial charge in [-0.25, -0.2) is 0 Å². The molecule has 0 atom stereocenters.